The van der Waals surface area contributed by atoms with Crippen molar-refractivity contribution in [3.63, 3.8) is 0 Å². The Morgan fingerprint density at radius 1 is 1.15 bits per heavy atom. The second-order valence-electron chi connectivity index (χ2n) is 4.49. The van der Waals surface area contributed by atoms with Gasteiger partial charge in [0, 0.05) is 25.0 Å². The summed E-state index contributed by atoms with van der Waals surface area (Å²) in [6.07, 6.45) is 2.48. The molecule has 3 rings (SSSR count). The molecule has 0 amide bonds. The minimum atomic E-state index is -0.349. The molecule has 0 bridgehead atoms. The fourth-order valence-electron chi connectivity index (χ4n) is 2.12. The molecule has 20 heavy (non-hydrogen) atoms. The molecule has 0 fully saturated rings. The molecule has 0 aliphatic rings. The number of nitrogens with one attached hydrogen (secondary N) is 1. The van der Waals surface area contributed by atoms with E-state index in [4.69, 9.17) is 4.42 Å². The number of pyridine rings is 1. The van der Waals surface area contributed by atoms with Crippen molar-refractivity contribution in [1.82, 2.24) is 9.55 Å². The van der Waals surface area contributed by atoms with Gasteiger partial charge in [0.05, 0.1) is 0 Å². The quantitative estimate of drug-likeness (QED) is 0.723. The Bertz CT molecular complexity index is 746. The standard InChI is InChI=1S/C15H15N3O2/c19-15-18(14-13(20-15)8-4-9-17-14)11-5-10-16-12-6-2-1-3-7-12/h1-4,6-9,16H,5,10-11H2. The van der Waals surface area contributed by atoms with Crippen molar-refractivity contribution in [2.75, 3.05) is 11.9 Å². The molecule has 0 aliphatic carbocycles. The highest BCUT2D eigenvalue weighted by Crippen LogP contribution is 2.09. The van der Waals surface area contributed by atoms with Crippen molar-refractivity contribution in [2.24, 2.45) is 0 Å². The van der Waals surface area contributed by atoms with Crippen LogP contribution in [0, 0.1) is 0 Å². The van der Waals surface area contributed by atoms with Crippen molar-refractivity contribution in [3.05, 3.63) is 59.2 Å². The molecule has 2 heterocycles. The molecule has 0 radical (unpaired) electrons. The van der Waals surface area contributed by atoms with Crippen molar-refractivity contribution in [2.45, 2.75) is 13.0 Å². The lowest BCUT2D eigenvalue weighted by Crippen LogP contribution is -2.16. The van der Waals surface area contributed by atoms with Gasteiger partial charge >= 0.3 is 5.76 Å². The average Bonchev–Trinajstić information content (AvgIpc) is 2.80. The zero-order valence-corrected chi connectivity index (χ0v) is 11.0. The smallest absolute Gasteiger partial charge is 0.406 e. The lowest BCUT2D eigenvalue weighted by atomic mass is 10.3. The second-order valence-corrected chi connectivity index (χ2v) is 4.49. The molecule has 1 aromatic carbocycles. The fraction of sp³-hybridized carbons (Fsp3) is 0.200. The van der Waals surface area contributed by atoms with Crippen LogP contribution in [0.2, 0.25) is 0 Å². The molecule has 0 saturated heterocycles. The van der Waals surface area contributed by atoms with Crippen LogP contribution < -0.4 is 11.1 Å². The maximum absolute atomic E-state index is 11.7. The Hall–Kier alpha value is -2.56. The maximum atomic E-state index is 11.7. The van der Waals surface area contributed by atoms with Crippen LogP contribution in [-0.2, 0) is 6.54 Å². The highest BCUT2D eigenvalue weighted by Gasteiger charge is 2.08. The number of hydrogen-bond acceptors (Lipinski definition) is 4. The summed E-state index contributed by atoms with van der Waals surface area (Å²) in [5.74, 6) is -0.349. The minimum absolute atomic E-state index is 0.349. The lowest BCUT2D eigenvalue weighted by Gasteiger charge is -2.06. The van der Waals surface area contributed by atoms with E-state index >= 15 is 0 Å². The first-order valence-electron chi connectivity index (χ1n) is 6.58. The summed E-state index contributed by atoms with van der Waals surface area (Å²) in [4.78, 5) is 15.9. The van der Waals surface area contributed by atoms with Gasteiger partial charge in [0.2, 0.25) is 0 Å². The van der Waals surface area contributed by atoms with Gasteiger partial charge in [-0.2, -0.15) is 0 Å². The molecule has 0 aliphatic heterocycles. The van der Waals surface area contributed by atoms with Crippen LogP contribution >= 0.6 is 0 Å². The van der Waals surface area contributed by atoms with Gasteiger partial charge in [-0.25, -0.2) is 9.78 Å². The first-order valence-corrected chi connectivity index (χ1v) is 6.58. The maximum Gasteiger partial charge on any atom is 0.421 e. The van der Waals surface area contributed by atoms with Gasteiger partial charge in [-0.3, -0.25) is 4.57 Å². The van der Waals surface area contributed by atoms with Gasteiger partial charge in [0.15, 0.2) is 11.2 Å². The number of nitrogens with zero attached hydrogens (tertiary/aromatic N) is 2. The molecule has 1 N–H and O–H groups in total. The molecule has 0 saturated carbocycles. The molecule has 0 spiro atoms. The molecule has 3 aromatic rings. The predicted molar refractivity (Wildman–Crippen MR) is 77.8 cm³/mol. The molecule has 5 nitrogen and oxygen atoms in total. The SMILES string of the molecule is O=c1oc2cccnc2n1CCCNc1ccccc1. The zero-order valence-electron chi connectivity index (χ0n) is 11.0. The summed E-state index contributed by atoms with van der Waals surface area (Å²) >= 11 is 0. The fourth-order valence-corrected chi connectivity index (χ4v) is 2.12. The summed E-state index contributed by atoms with van der Waals surface area (Å²) in [6, 6.07) is 13.5. The summed E-state index contributed by atoms with van der Waals surface area (Å²) < 4.78 is 6.71. The number of anilines is 1. The number of rotatable bonds is 5. The molecule has 0 atom stereocenters. The number of aromatic nitrogens is 2. The van der Waals surface area contributed by atoms with Gasteiger partial charge in [-0.05, 0) is 30.7 Å². The van der Waals surface area contributed by atoms with E-state index in [0.29, 0.717) is 17.8 Å². The second kappa shape index (κ2) is 5.61. The largest absolute Gasteiger partial charge is 0.421 e. The average molecular weight is 269 g/mol. The van der Waals surface area contributed by atoms with E-state index < -0.39 is 0 Å². The lowest BCUT2D eigenvalue weighted by molar-refractivity contribution is 0.500. The van der Waals surface area contributed by atoms with Crippen LogP contribution in [0.5, 0.6) is 0 Å². The van der Waals surface area contributed by atoms with Crippen molar-refractivity contribution < 1.29 is 4.42 Å². The summed E-state index contributed by atoms with van der Waals surface area (Å²) in [7, 11) is 0. The molecule has 0 unspecified atom stereocenters. The van der Waals surface area contributed by atoms with Gasteiger partial charge in [0.1, 0.15) is 0 Å². The third-order valence-corrected chi connectivity index (χ3v) is 3.09. The zero-order chi connectivity index (χ0) is 13.8. The number of aryl methyl sites for hydroxylation is 1. The van der Waals surface area contributed by atoms with E-state index in [1.54, 1.807) is 22.9 Å². The van der Waals surface area contributed by atoms with Gasteiger partial charge in [0.25, 0.3) is 0 Å². The van der Waals surface area contributed by atoms with E-state index in [1.165, 1.54) is 0 Å². The third kappa shape index (κ3) is 2.56. The van der Waals surface area contributed by atoms with Crippen molar-refractivity contribution >= 4 is 16.9 Å². The number of benzene rings is 1. The Kier molecular flexibility index (Phi) is 3.50. The number of fused-ring (bicyclic) bond motifs is 1. The monoisotopic (exact) mass is 269 g/mol. The van der Waals surface area contributed by atoms with E-state index in [0.717, 1.165) is 18.7 Å². The van der Waals surface area contributed by atoms with Crippen LogP contribution in [-0.4, -0.2) is 16.1 Å². The number of hydrogen-bond donors (Lipinski definition) is 1. The van der Waals surface area contributed by atoms with E-state index in [1.807, 2.05) is 30.3 Å². The molecule has 2 aromatic heterocycles. The Morgan fingerprint density at radius 2 is 2.00 bits per heavy atom. The third-order valence-electron chi connectivity index (χ3n) is 3.09. The highest BCUT2D eigenvalue weighted by molar-refractivity contribution is 5.67. The van der Waals surface area contributed by atoms with E-state index in [-0.39, 0.29) is 5.76 Å². The topological polar surface area (TPSA) is 60.1 Å². The van der Waals surface area contributed by atoms with E-state index in [9.17, 15) is 4.79 Å². The van der Waals surface area contributed by atoms with Gasteiger partial charge < -0.3 is 9.73 Å². The van der Waals surface area contributed by atoms with Crippen molar-refractivity contribution in [3.8, 4) is 0 Å². The first kappa shape index (κ1) is 12.5. The predicted octanol–water partition coefficient (Wildman–Crippen LogP) is 2.49. The summed E-state index contributed by atoms with van der Waals surface area (Å²) in [5.41, 5.74) is 2.22. The minimum Gasteiger partial charge on any atom is -0.406 e. The number of oxazole rings is 1. The number of para-hydroxylation sites is 1. The molecular formula is C15H15N3O2. The molecule has 102 valence electrons. The molecule has 5 heteroatoms. The van der Waals surface area contributed by atoms with Gasteiger partial charge in [-0.1, -0.05) is 18.2 Å². The highest BCUT2D eigenvalue weighted by atomic mass is 16.4. The summed E-state index contributed by atoms with van der Waals surface area (Å²) in [6.45, 7) is 1.37. The Labute approximate surface area is 115 Å². The van der Waals surface area contributed by atoms with Crippen LogP contribution in [0.15, 0.2) is 57.9 Å². The van der Waals surface area contributed by atoms with Crippen LogP contribution in [0.3, 0.4) is 0 Å². The van der Waals surface area contributed by atoms with Crippen LogP contribution in [0.25, 0.3) is 11.2 Å². The summed E-state index contributed by atoms with van der Waals surface area (Å²) in [5, 5.41) is 3.31. The normalized spacial score (nSPS) is 10.8. The first-order chi connectivity index (χ1) is 9.84. The van der Waals surface area contributed by atoms with Crippen LogP contribution in [0.4, 0.5) is 5.69 Å². The molecular weight excluding hydrogens is 254 g/mol. The van der Waals surface area contributed by atoms with Crippen molar-refractivity contribution in [1.29, 1.82) is 0 Å². The Morgan fingerprint density at radius 3 is 2.85 bits per heavy atom. The van der Waals surface area contributed by atoms with E-state index in [2.05, 4.69) is 10.3 Å². The Balaban J connectivity index is 1.63. The van der Waals surface area contributed by atoms with Gasteiger partial charge in [-0.15, -0.1) is 0 Å². The van der Waals surface area contributed by atoms with Crippen LogP contribution in [0.1, 0.15) is 6.42 Å².